The molecular formula is C25H20ClN3O3. The first kappa shape index (κ1) is 21.3. The molecule has 6 nitrogen and oxygen atoms in total. The summed E-state index contributed by atoms with van der Waals surface area (Å²) in [6.07, 6.45) is 0. The number of halogens is 1. The van der Waals surface area contributed by atoms with E-state index < -0.39 is 11.8 Å². The summed E-state index contributed by atoms with van der Waals surface area (Å²) in [6, 6.07) is 23.3. The summed E-state index contributed by atoms with van der Waals surface area (Å²) in [5.41, 5.74) is 3.33. The number of para-hydroxylation sites is 1. The average molecular weight is 446 g/mol. The fourth-order valence-corrected chi connectivity index (χ4v) is 3.58. The number of nitrogens with one attached hydrogen (secondary N) is 2. The van der Waals surface area contributed by atoms with Crippen LogP contribution in [-0.2, 0) is 16.1 Å². The molecule has 0 saturated carbocycles. The van der Waals surface area contributed by atoms with Crippen LogP contribution >= 0.6 is 11.6 Å². The van der Waals surface area contributed by atoms with Crippen molar-refractivity contribution in [3.8, 4) is 0 Å². The first-order chi connectivity index (χ1) is 15.4. The number of amides is 3. The molecule has 0 aliphatic carbocycles. The number of nitrogens with zero attached hydrogens (tertiary/aromatic N) is 1. The molecule has 4 rings (SSSR count). The fourth-order valence-electron chi connectivity index (χ4n) is 3.35. The van der Waals surface area contributed by atoms with Crippen molar-refractivity contribution in [2.45, 2.75) is 13.5 Å². The summed E-state index contributed by atoms with van der Waals surface area (Å²) >= 11 is 6.19. The third kappa shape index (κ3) is 4.40. The van der Waals surface area contributed by atoms with Crippen molar-refractivity contribution in [2.75, 3.05) is 10.6 Å². The minimum absolute atomic E-state index is 0.0101. The molecule has 0 radical (unpaired) electrons. The molecule has 1 aliphatic heterocycles. The van der Waals surface area contributed by atoms with E-state index in [2.05, 4.69) is 10.6 Å². The van der Waals surface area contributed by atoms with E-state index in [0.29, 0.717) is 11.3 Å². The predicted molar refractivity (Wildman–Crippen MR) is 124 cm³/mol. The first-order valence-corrected chi connectivity index (χ1v) is 10.4. The lowest BCUT2D eigenvalue weighted by atomic mass is 10.1. The van der Waals surface area contributed by atoms with E-state index in [1.165, 1.54) is 0 Å². The van der Waals surface area contributed by atoms with Crippen LogP contribution in [0.5, 0.6) is 0 Å². The molecule has 0 saturated heterocycles. The highest BCUT2D eigenvalue weighted by atomic mass is 35.5. The Balaban J connectivity index is 1.50. The second-order valence-electron chi connectivity index (χ2n) is 7.35. The van der Waals surface area contributed by atoms with Gasteiger partial charge in [-0.25, -0.2) is 0 Å². The summed E-state index contributed by atoms with van der Waals surface area (Å²) in [6.45, 7) is 2.03. The van der Waals surface area contributed by atoms with Crippen LogP contribution in [0, 0.1) is 6.92 Å². The third-order valence-corrected chi connectivity index (χ3v) is 5.43. The number of carbonyl (C=O) groups is 3. The highest BCUT2D eigenvalue weighted by molar-refractivity contribution is 6.48. The number of carbonyl (C=O) groups excluding carboxylic acids is 3. The zero-order valence-corrected chi connectivity index (χ0v) is 18.0. The van der Waals surface area contributed by atoms with Crippen molar-refractivity contribution in [3.05, 3.63) is 106 Å². The molecular weight excluding hydrogens is 426 g/mol. The number of imide groups is 1. The number of hydrogen-bond acceptors (Lipinski definition) is 4. The van der Waals surface area contributed by atoms with Gasteiger partial charge in [-0.15, -0.1) is 0 Å². The van der Waals surface area contributed by atoms with Gasteiger partial charge in [-0.2, -0.15) is 0 Å². The minimum Gasteiger partial charge on any atom is -0.350 e. The monoisotopic (exact) mass is 445 g/mol. The molecule has 7 heteroatoms. The second-order valence-corrected chi connectivity index (χ2v) is 7.72. The van der Waals surface area contributed by atoms with Gasteiger partial charge in [0.15, 0.2) is 0 Å². The van der Waals surface area contributed by atoms with Crippen molar-refractivity contribution in [1.29, 1.82) is 0 Å². The molecule has 2 N–H and O–H groups in total. The van der Waals surface area contributed by atoms with Crippen LogP contribution in [0.4, 0.5) is 11.4 Å². The van der Waals surface area contributed by atoms with Crippen LogP contribution < -0.4 is 10.6 Å². The Labute approximate surface area is 190 Å². The van der Waals surface area contributed by atoms with Crippen LogP contribution in [-0.4, -0.2) is 22.6 Å². The average Bonchev–Trinajstić information content (AvgIpc) is 3.00. The van der Waals surface area contributed by atoms with Crippen molar-refractivity contribution in [3.63, 3.8) is 0 Å². The van der Waals surface area contributed by atoms with E-state index in [0.717, 1.165) is 21.7 Å². The molecule has 3 aromatic rings. The zero-order chi connectivity index (χ0) is 22.7. The lowest BCUT2D eigenvalue weighted by Crippen LogP contribution is -2.31. The maximum atomic E-state index is 12.9. The van der Waals surface area contributed by atoms with Crippen molar-refractivity contribution in [2.24, 2.45) is 0 Å². The number of rotatable bonds is 6. The van der Waals surface area contributed by atoms with Crippen molar-refractivity contribution >= 4 is 40.7 Å². The van der Waals surface area contributed by atoms with Gasteiger partial charge in [-0.1, -0.05) is 66.2 Å². The molecule has 0 atom stereocenters. The van der Waals surface area contributed by atoms with Gasteiger partial charge in [0.2, 0.25) is 0 Å². The SMILES string of the molecule is Cc1ccccc1NC(=O)c1cccc(NC2=C(Cl)C(=O)N(Cc3ccccc3)C2=O)c1. The van der Waals surface area contributed by atoms with E-state index in [9.17, 15) is 14.4 Å². The summed E-state index contributed by atoms with van der Waals surface area (Å²) in [7, 11) is 0. The maximum Gasteiger partial charge on any atom is 0.279 e. The largest absolute Gasteiger partial charge is 0.350 e. The molecule has 1 aliphatic rings. The smallest absolute Gasteiger partial charge is 0.279 e. The Bertz CT molecular complexity index is 1240. The summed E-state index contributed by atoms with van der Waals surface area (Å²) in [4.78, 5) is 39.2. The van der Waals surface area contributed by atoms with Gasteiger partial charge in [0.25, 0.3) is 17.7 Å². The predicted octanol–water partition coefficient (Wildman–Crippen LogP) is 4.68. The number of benzene rings is 3. The molecule has 0 spiro atoms. The maximum absolute atomic E-state index is 12.9. The topological polar surface area (TPSA) is 78.5 Å². The summed E-state index contributed by atoms with van der Waals surface area (Å²) < 4.78 is 0. The Hall–Kier alpha value is -3.90. The Kier molecular flexibility index (Phi) is 6.05. The van der Waals surface area contributed by atoms with Gasteiger partial charge in [0, 0.05) is 16.9 Å². The Morgan fingerprint density at radius 1 is 0.906 bits per heavy atom. The quantitative estimate of drug-likeness (QED) is 0.540. The van der Waals surface area contributed by atoms with Crippen LogP contribution in [0.25, 0.3) is 0 Å². The number of anilines is 2. The lowest BCUT2D eigenvalue weighted by Gasteiger charge is -2.15. The van der Waals surface area contributed by atoms with Crippen LogP contribution in [0.1, 0.15) is 21.5 Å². The summed E-state index contributed by atoms with van der Waals surface area (Å²) in [5.74, 6) is -1.36. The molecule has 0 unspecified atom stereocenters. The Morgan fingerprint density at radius 3 is 2.38 bits per heavy atom. The Morgan fingerprint density at radius 2 is 1.62 bits per heavy atom. The van der Waals surface area contributed by atoms with E-state index in [1.54, 1.807) is 24.3 Å². The van der Waals surface area contributed by atoms with Gasteiger partial charge in [-0.05, 0) is 42.3 Å². The van der Waals surface area contributed by atoms with Crippen LogP contribution in [0.2, 0.25) is 0 Å². The van der Waals surface area contributed by atoms with Crippen LogP contribution in [0.3, 0.4) is 0 Å². The molecule has 0 bridgehead atoms. The molecule has 1 heterocycles. The second kappa shape index (κ2) is 9.08. The van der Waals surface area contributed by atoms with E-state index >= 15 is 0 Å². The minimum atomic E-state index is -0.559. The van der Waals surface area contributed by atoms with Gasteiger partial charge < -0.3 is 10.6 Å². The van der Waals surface area contributed by atoms with Crippen molar-refractivity contribution < 1.29 is 14.4 Å². The summed E-state index contributed by atoms with van der Waals surface area (Å²) in [5, 5.41) is 5.61. The van der Waals surface area contributed by atoms with Crippen molar-refractivity contribution in [1.82, 2.24) is 4.90 Å². The number of aryl methyl sites for hydroxylation is 1. The molecule has 0 aromatic heterocycles. The molecule has 3 amide bonds. The zero-order valence-electron chi connectivity index (χ0n) is 17.3. The van der Waals surface area contributed by atoms with Gasteiger partial charge in [-0.3, -0.25) is 19.3 Å². The van der Waals surface area contributed by atoms with Gasteiger partial charge in [0.1, 0.15) is 10.7 Å². The highest BCUT2D eigenvalue weighted by Crippen LogP contribution is 2.27. The standard InChI is InChI=1S/C25H20ClN3O3/c1-16-8-5-6-13-20(16)28-23(30)18-11-7-12-19(14-18)27-22-21(26)24(31)29(25(22)32)15-17-9-3-2-4-10-17/h2-14,27H,15H2,1H3,(H,28,30). The van der Waals surface area contributed by atoms with E-state index in [1.807, 2.05) is 61.5 Å². The highest BCUT2D eigenvalue weighted by Gasteiger charge is 2.37. The molecule has 160 valence electrons. The number of hydrogen-bond donors (Lipinski definition) is 2. The molecule has 3 aromatic carbocycles. The van der Waals surface area contributed by atoms with Gasteiger partial charge in [0.05, 0.1) is 6.54 Å². The third-order valence-electron chi connectivity index (χ3n) is 5.08. The molecule has 0 fully saturated rings. The molecule has 32 heavy (non-hydrogen) atoms. The normalized spacial score (nSPS) is 13.5. The van der Waals surface area contributed by atoms with Gasteiger partial charge >= 0.3 is 0 Å². The first-order valence-electron chi connectivity index (χ1n) is 9.98. The van der Waals surface area contributed by atoms with Crippen LogP contribution in [0.15, 0.2) is 89.6 Å². The van der Waals surface area contributed by atoms with E-state index in [-0.39, 0.29) is 23.2 Å². The van der Waals surface area contributed by atoms with E-state index in [4.69, 9.17) is 11.6 Å². The fraction of sp³-hybridized carbons (Fsp3) is 0.0800. The lowest BCUT2D eigenvalue weighted by molar-refractivity contribution is -0.138.